The molecule has 3 heterocycles. The van der Waals surface area contributed by atoms with Gasteiger partial charge in [-0.1, -0.05) is 47.6 Å². The van der Waals surface area contributed by atoms with E-state index in [2.05, 4.69) is 5.32 Å². The van der Waals surface area contributed by atoms with Crippen LogP contribution in [-0.2, 0) is 15.1 Å². The van der Waals surface area contributed by atoms with Crippen molar-refractivity contribution in [1.82, 2.24) is 5.32 Å². The number of benzene rings is 2. The highest BCUT2D eigenvalue weighted by atomic mass is 35.5. The third kappa shape index (κ3) is 4.70. The largest absolute Gasteiger partial charge is 0.511 e. The lowest BCUT2D eigenvalue weighted by Gasteiger charge is -2.39. The molecule has 176 valence electrons. The Kier molecular flexibility index (Phi) is 6.88. The maximum atomic E-state index is 13.4. The number of halogens is 1. The molecule has 1 unspecified atom stereocenters. The Labute approximate surface area is 211 Å². The first-order valence-electron chi connectivity index (χ1n) is 11.1. The van der Waals surface area contributed by atoms with Crippen LogP contribution in [0.4, 0.5) is 0 Å². The average molecular weight is 514 g/mol. The van der Waals surface area contributed by atoms with Crippen LogP contribution in [0.1, 0.15) is 30.4 Å². The number of amides is 1. The number of aliphatic hydroxyl groups excluding tert-OH is 1. The molecular weight excluding hydrogens is 490 g/mol. The van der Waals surface area contributed by atoms with Crippen molar-refractivity contribution >= 4 is 40.6 Å². The second kappa shape index (κ2) is 10.0. The van der Waals surface area contributed by atoms with Gasteiger partial charge in [0, 0.05) is 24.2 Å². The number of aliphatic hydroxyl groups is 1. The number of hydrogen-bond acceptors (Lipinski definition) is 6. The van der Waals surface area contributed by atoms with Crippen LogP contribution in [0.5, 0.6) is 5.75 Å². The Morgan fingerprint density at radius 1 is 1.12 bits per heavy atom. The molecule has 0 radical (unpaired) electrons. The highest BCUT2D eigenvalue weighted by Gasteiger charge is 2.43. The summed E-state index contributed by atoms with van der Waals surface area (Å²) in [6, 6.07) is 17.1. The molecule has 34 heavy (non-hydrogen) atoms. The van der Waals surface area contributed by atoms with Crippen molar-refractivity contribution in [2.24, 2.45) is 0 Å². The third-order valence-corrected chi connectivity index (χ3v) is 8.41. The molecule has 8 heteroatoms. The summed E-state index contributed by atoms with van der Waals surface area (Å²) in [5.41, 5.74) is 0.875. The molecule has 5 nitrogen and oxygen atoms in total. The summed E-state index contributed by atoms with van der Waals surface area (Å²) >= 11 is 9.02. The van der Waals surface area contributed by atoms with E-state index in [1.54, 1.807) is 17.4 Å². The molecule has 1 amide bonds. The van der Waals surface area contributed by atoms with E-state index < -0.39 is 5.54 Å². The summed E-state index contributed by atoms with van der Waals surface area (Å²) in [6.07, 6.45) is 2.03. The molecule has 1 aromatic heterocycles. The first kappa shape index (κ1) is 23.3. The first-order valence-corrected chi connectivity index (χ1v) is 13.2. The van der Waals surface area contributed by atoms with Crippen molar-refractivity contribution < 1.29 is 19.4 Å². The lowest BCUT2D eigenvalue weighted by atomic mass is 9.79. The monoisotopic (exact) mass is 513 g/mol. The van der Waals surface area contributed by atoms with E-state index in [0.29, 0.717) is 18.2 Å². The van der Waals surface area contributed by atoms with Crippen molar-refractivity contribution in [2.75, 3.05) is 13.2 Å². The standard InChI is InChI=1S/C26H24ClNO4S2/c27-21-6-1-2-7-23(21)34-24-22(29)15-26(28-25(24)30,18-10-13-33-16-18)17-4-3-5-20(14-17)32-19-8-11-31-12-9-19/h1-7,10,13-14,16,19,29H,8-9,11-12,15H2,(H,28,30). The number of carbonyl (C=O) groups is 1. The molecule has 3 aromatic rings. The molecule has 1 saturated heterocycles. The number of rotatable bonds is 6. The van der Waals surface area contributed by atoms with Gasteiger partial charge in [0.15, 0.2) is 0 Å². The van der Waals surface area contributed by atoms with Gasteiger partial charge in [-0.05, 0) is 52.2 Å². The van der Waals surface area contributed by atoms with Gasteiger partial charge in [-0.25, -0.2) is 0 Å². The minimum Gasteiger partial charge on any atom is -0.511 e. The molecule has 2 aliphatic rings. The van der Waals surface area contributed by atoms with Crippen molar-refractivity contribution in [3.63, 3.8) is 0 Å². The Balaban J connectivity index is 1.50. The molecule has 2 aliphatic heterocycles. The van der Waals surface area contributed by atoms with Crippen LogP contribution in [0.3, 0.4) is 0 Å². The summed E-state index contributed by atoms with van der Waals surface area (Å²) < 4.78 is 11.7. The van der Waals surface area contributed by atoms with Gasteiger partial charge in [-0.3, -0.25) is 4.79 Å². The first-order chi connectivity index (χ1) is 16.5. The molecule has 2 aromatic carbocycles. The minimum absolute atomic E-state index is 0.0376. The van der Waals surface area contributed by atoms with Gasteiger partial charge in [-0.15, -0.1) is 0 Å². The van der Waals surface area contributed by atoms with Gasteiger partial charge in [-0.2, -0.15) is 11.3 Å². The minimum atomic E-state index is -0.902. The van der Waals surface area contributed by atoms with Crippen LogP contribution in [0, 0.1) is 0 Å². The summed E-state index contributed by atoms with van der Waals surface area (Å²) in [7, 11) is 0. The Morgan fingerprint density at radius 3 is 2.68 bits per heavy atom. The number of nitrogens with one attached hydrogen (secondary N) is 1. The SMILES string of the molecule is O=C1NC(c2ccsc2)(c2cccc(OC3CCOCC3)c2)CC(O)=C1Sc1ccccc1Cl. The lowest BCUT2D eigenvalue weighted by Crippen LogP contribution is -2.50. The fraction of sp³-hybridized carbons (Fsp3) is 0.269. The highest BCUT2D eigenvalue weighted by Crippen LogP contribution is 2.44. The highest BCUT2D eigenvalue weighted by molar-refractivity contribution is 8.04. The fourth-order valence-electron chi connectivity index (χ4n) is 4.34. The van der Waals surface area contributed by atoms with Gasteiger partial charge in [0.25, 0.3) is 5.91 Å². The topological polar surface area (TPSA) is 67.8 Å². The van der Waals surface area contributed by atoms with E-state index in [1.807, 2.05) is 59.3 Å². The van der Waals surface area contributed by atoms with E-state index in [1.165, 1.54) is 11.8 Å². The van der Waals surface area contributed by atoms with Gasteiger partial charge < -0.3 is 19.9 Å². The zero-order chi connectivity index (χ0) is 23.5. The van der Waals surface area contributed by atoms with Crippen LogP contribution in [0.25, 0.3) is 0 Å². The predicted octanol–water partition coefficient (Wildman–Crippen LogP) is 6.28. The van der Waals surface area contributed by atoms with E-state index in [0.717, 1.165) is 34.6 Å². The second-order valence-corrected chi connectivity index (χ2v) is 10.6. The van der Waals surface area contributed by atoms with Crippen LogP contribution in [0.15, 0.2) is 80.9 Å². The van der Waals surface area contributed by atoms with Gasteiger partial charge in [0.1, 0.15) is 22.5 Å². The molecule has 0 spiro atoms. The normalized spacial score (nSPS) is 21.4. The van der Waals surface area contributed by atoms with Crippen molar-refractivity contribution in [2.45, 2.75) is 35.8 Å². The summed E-state index contributed by atoms with van der Waals surface area (Å²) in [5, 5.41) is 18.9. The lowest BCUT2D eigenvalue weighted by molar-refractivity contribution is -0.119. The number of thiophene rings is 1. The second-order valence-electron chi connectivity index (χ2n) is 8.31. The Morgan fingerprint density at radius 2 is 1.94 bits per heavy atom. The van der Waals surface area contributed by atoms with Crippen molar-refractivity contribution in [3.05, 3.63) is 92.2 Å². The zero-order valence-corrected chi connectivity index (χ0v) is 20.7. The number of ether oxygens (including phenoxy) is 2. The van der Waals surface area contributed by atoms with Gasteiger partial charge in [0.05, 0.1) is 23.8 Å². The van der Waals surface area contributed by atoms with E-state index >= 15 is 0 Å². The van der Waals surface area contributed by atoms with Crippen molar-refractivity contribution in [1.29, 1.82) is 0 Å². The van der Waals surface area contributed by atoms with E-state index in [-0.39, 0.29) is 29.1 Å². The molecule has 1 atom stereocenters. The van der Waals surface area contributed by atoms with Crippen LogP contribution >= 0.6 is 34.7 Å². The molecule has 1 fully saturated rings. The molecule has 0 aliphatic carbocycles. The summed E-state index contributed by atoms with van der Waals surface area (Å²) in [5.74, 6) is 0.444. The molecule has 2 N–H and O–H groups in total. The van der Waals surface area contributed by atoms with E-state index in [9.17, 15) is 9.90 Å². The average Bonchev–Trinajstić information content (AvgIpc) is 3.39. The van der Waals surface area contributed by atoms with E-state index in [4.69, 9.17) is 21.1 Å². The maximum Gasteiger partial charge on any atom is 0.262 e. The maximum absolute atomic E-state index is 13.4. The summed E-state index contributed by atoms with van der Waals surface area (Å²) in [6.45, 7) is 1.40. The number of thioether (sulfide) groups is 1. The number of hydrogen-bond donors (Lipinski definition) is 2. The molecule has 5 rings (SSSR count). The molecule has 0 saturated carbocycles. The van der Waals surface area contributed by atoms with Crippen LogP contribution in [-0.4, -0.2) is 30.3 Å². The smallest absolute Gasteiger partial charge is 0.262 e. The predicted molar refractivity (Wildman–Crippen MR) is 136 cm³/mol. The van der Waals surface area contributed by atoms with Crippen LogP contribution < -0.4 is 10.1 Å². The quantitative estimate of drug-likeness (QED) is 0.405. The zero-order valence-electron chi connectivity index (χ0n) is 18.3. The number of carbonyl (C=O) groups excluding carboxylic acids is 1. The fourth-order valence-corrected chi connectivity index (χ4v) is 6.19. The molecule has 0 bridgehead atoms. The van der Waals surface area contributed by atoms with Crippen molar-refractivity contribution in [3.8, 4) is 5.75 Å². The Hall–Kier alpha value is -2.45. The summed E-state index contributed by atoms with van der Waals surface area (Å²) in [4.78, 5) is 14.3. The third-order valence-electron chi connectivity index (χ3n) is 6.09. The molecular formula is C26H24ClNO4S2. The van der Waals surface area contributed by atoms with Gasteiger partial charge in [0.2, 0.25) is 0 Å². The van der Waals surface area contributed by atoms with Gasteiger partial charge >= 0.3 is 0 Å². The van der Waals surface area contributed by atoms with Crippen LogP contribution in [0.2, 0.25) is 5.02 Å². The Bertz CT molecular complexity index is 1210.